The Morgan fingerprint density at radius 1 is 1.00 bits per heavy atom. The Morgan fingerprint density at radius 2 is 1.82 bits per heavy atom. The number of nitrogen functional groups attached to an aromatic ring is 1. The summed E-state index contributed by atoms with van der Waals surface area (Å²) in [5.41, 5.74) is 10.0. The number of nitrogens with zero attached hydrogens (tertiary/aromatic N) is 5. The second kappa shape index (κ2) is 8.84. The van der Waals surface area contributed by atoms with Crippen LogP contribution in [0.5, 0.6) is 11.5 Å². The van der Waals surface area contributed by atoms with Crippen LogP contribution in [-0.2, 0) is 4.74 Å². The standard InChI is InChI=1S/C24H24N6O3/c1-29(2)19-12-22(30-7-9-31-10-8-30)26-13-17(19)3-5-18-23(24(25)28-14-27-18)16-4-6-20-21(11-16)33-15-32-20/h4,6,11-14H,7-10,15H2,1-2H3,(H2,25,27,28). The Bertz CT molecular complexity index is 1240. The van der Waals surface area contributed by atoms with E-state index >= 15 is 0 Å². The fourth-order valence-electron chi connectivity index (χ4n) is 3.82. The van der Waals surface area contributed by atoms with Gasteiger partial charge in [0.1, 0.15) is 23.7 Å². The molecule has 9 nitrogen and oxygen atoms in total. The van der Waals surface area contributed by atoms with E-state index in [0.29, 0.717) is 41.8 Å². The van der Waals surface area contributed by atoms with E-state index in [1.807, 2.05) is 37.2 Å². The number of nitrogens with two attached hydrogens (primary N) is 1. The number of aromatic nitrogens is 3. The van der Waals surface area contributed by atoms with Crippen molar-refractivity contribution in [2.45, 2.75) is 0 Å². The Labute approximate surface area is 192 Å². The van der Waals surface area contributed by atoms with Gasteiger partial charge in [-0.3, -0.25) is 0 Å². The minimum absolute atomic E-state index is 0.201. The van der Waals surface area contributed by atoms with Crippen molar-refractivity contribution in [3.05, 3.63) is 48.0 Å². The van der Waals surface area contributed by atoms with Gasteiger partial charge in [-0.05, 0) is 23.6 Å². The lowest BCUT2D eigenvalue weighted by Crippen LogP contribution is -2.36. The molecule has 0 radical (unpaired) electrons. The zero-order chi connectivity index (χ0) is 22.8. The molecular weight excluding hydrogens is 420 g/mol. The van der Waals surface area contributed by atoms with Crippen LogP contribution in [0.2, 0.25) is 0 Å². The van der Waals surface area contributed by atoms with Crippen LogP contribution in [0.1, 0.15) is 11.3 Å². The predicted molar refractivity (Wildman–Crippen MR) is 126 cm³/mol. The maximum atomic E-state index is 6.22. The molecule has 33 heavy (non-hydrogen) atoms. The first-order chi connectivity index (χ1) is 16.1. The molecule has 0 amide bonds. The number of anilines is 3. The second-order valence-electron chi connectivity index (χ2n) is 7.85. The highest BCUT2D eigenvalue weighted by molar-refractivity contribution is 5.80. The van der Waals surface area contributed by atoms with E-state index < -0.39 is 0 Å². The normalized spacial score (nSPS) is 14.5. The van der Waals surface area contributed by atoms with Crippen LogP contribution < -0.4 is 25.0 Å². The molecule has 0 bridgehead atoms. The average molecular weight is 444 g/mol. The van der Waals surface area contributed by atoms with Crippen molar-refractivity contribution in [1.29, 1.82) is 0 Å². The third-order valence-electron chi connectivity index (χ3n) is 5.54. The van der Waals surface area contributed by atoms with Crippen molar-refractivity contribution in [3.8, 4) is 34.5 Å². The molecule has 1 aromatic carbocycles. The second-order valence-corrected chi connectivity index (χ2v) is 7.85. The van der Waals surface area contributed by atoms with Gasteiger partial charge in [0.2, 0.25) is 6.79 Å². The van der Waals surface area contributed by atoms with Gasteiger partial charge >= 0.3 is 0 Å². The maximum absolute atomic E-state index is 6.22. The van der Waals surface area contributed by atoms with E-state index in [1.54, 1.807) is 6.20 Å². The Hall–Kier alpha value is -4.03. The van der Waals surface area contributed by atoms with Gasteiger partial charge < -0.3 is 29.7 Å². The summed E-state index contributed by atoms with van der Waals surface area (Å²) >= 11 is 0. The van der Waals surface area contributed by atoms with Crippen molar-refractivity contribution in [3.63, 3.8) is 0 Å². The van der Waals surface area contributed by atoms with Crippen molar-refractivity contribution < 1.29 is 14.2 Å². The molecule has 9 heteroatoms. The lowest BCUT2D eigenvalue weighted by molar-refractivity contribution is 0.122. The number of rotatable bonds is 3. The largest absolute Gasteiger partial charge is 0.454 e. The molecule has 0 saturated carbocycles. The molecule has 0 aliphatic carbocycles. The number of hydrogen-bond acceptors (Lipinski definition) is 9. The predicted octanol–water partition coefficient (Wildman–Crippen LogP) is 2.15. The van der Waals surface area contributed by atoms with Crippen molar-refractivity contribution in [1.82, 2.24) is 15.0 Å². The van der Waals surface area contributed by atoms with Gasteiger partial charge in [0.25, 0.3) is 0 Å². The molecule has 5 rings (SSSR count). The molecule has 2 N–H and O–H groups in total. The summed E-state index contributed by atoms with van der Waals surface area (Å²) in [7, 11) is 3.98. The van der Waals surface area contributed by atoms with Gasteiger partial charge in [0, 0.05) is 39.4 Å². The van der Waals surface area contributed by atoms with Gasteiger partial charge in [-0.15, -0.1) is 0 Å². The van der Waals surface area contributed by atoms with Crippen molar-refractivity contribution in [2.24, 2.45) is 0 Å². The lowest BCUT2D eigenvalue weighted by Gasteiger charge is -2.28. The maximum Gasteiger partial charge on any atom is 0.231 e. The van der Waals surface area contributed by atoms with Gasteiger partial charge in [-0.1, -0.05) is 12.0 Å². The van der Waals surface area contributed by atoms with Crippen LogP contribution in [0.4, 0.5) is 17.3 Å². The zero-order valence-corrected chi connectivity index (χ0v) is 18.5. The van der Waals surface area contributed by atoms with Crippen LogP contribution in [0, 0.1) is 11.8 Å². The molecule has 0 unspecified atom stereocenters. The van der Waals surface area contributed by atoms with Crippen molar-refractivity contribution >= 4 is 17.3 Å². The average Bonchev–Trinajstić information content (AvgIpc) is 3.31. The molecule has 0 atom stereocenters. The summed E-state index contributed by atoms with van der Waals surface area (Å²) < 4.78 is 16.4. The third kappa shape index (κ3) is 4.21. The van der Waals surface area contributed by atoms with Gasteiger partial charge in [0.05, 0.1) is 30.0 Å². The Kier molecular flexibility index (Phi) is 5.59. The number of morpholine rings is 1. The van der Waals surface area contributed by atoms with E-state index in [0.717, 1.165) is 35.7 Å². The topological polar surface area (TPSA) is 98.9 Å². The molecule has 1 fully saturated rings. The summed E-state index contributed by atoms with van der Waals surface area (Å²) in [6.45, 7) is 3.26. The fourth-order valence-corrected chi connectivity index (χ4v) is 3.82. The van der Waals surface area contributed by atoms with E-state index in [4.69, 9.17) is 19.9 Å². The van der Waals surface area contributed by atoms with Crippen LogP contribution in [0.25, 0.3) is 11.1 Å². The number of hydrogen-bond donors (Lipinski definition) is 1. The fraction of sp³-hybridized carbons (Fsp3) is 0.292. The van der Waals surface area contributed by atoms with Crippen LogP contribution >= 0.6 is 0 Å². The number of pyridine rings is 1. The molecule has 2 aliphatic heterocycles. The highest BCUT2D eigenvalue weighted by Gasteiger charge is 2.18. The first kappa shape index (κ1) is 20.8. The Balaban J connectivity index is 1.52. The lowest BCUT2D eigenvalue weighted by atomic mass is 10.0. The van der Waals surface area contributed by atoms with Gasteiger partial charge in [-0.25, -0.2) is 15.0 Å². The first-order valence-electron chi connectivity index (χ1n) is 10.6. The summed E-state index contributed by atoms with van der Waals surface area (Å²) in [6, 6.07) is 7.67. The minimum atomic E-state index is 0.201. The van der Waals surface area contributed by atoms with Crippen LogP contribution in [-0.4, -0.2) is 62.1 Å². The van der Waals surface area contributed by atoms with Gasteiger partial charge in [0.15, 0.2) is 11.5 Å². The summed E-state index contributed by atoms with van der Waals surface area (Å²) in [5.74, 6) is 9.03. The number of fused-ring (bicyclic) bond motifs is 1. The van der Waals surface area contributed by atoms with E-state index in [2.05, 4.69) is 37.8 Å². The van der Waals surface area contributed by atoms with E-state index in [-0.39, 0.29) is 6.79 Å². The zero-order valence-electron chi connectivity index (χ0n) is 18.5. The summed E-state index contributed by atoms with van der Waals surface area (Å²) in [4.78, 5) is 17.5. The van der Waals surface area contributed by atoms with Gasteiger partial charge in [-0.2, -0.15) is 0 Å². The van der Waals surface area contributed by atoms with E-state index in [9.17, 15) is 0 Å². The molecule has 168 valence electrons. The quantitative estimate of drug-likeness (QED) is 0.609. The highest BCUT2D eigenvalue weighted by Crippen LogP contribution is 2.37. The molecule has 2 aromatic heterocycles. The smallest absolute Gasteiger partial charge is 0.231 e. The molecule has 4 heterocycles. The molecule has 0 spiro atoms. The molecule has 3 aromatic rings. The molecule has 1 saturated heterocycles. The van der Waals surface area contributed by atoms with Crippen LogP contribution in [0.3, 0.4) is 0 Å². The number of ether oxygens (including phenoxy) is 3. The SMILES string of the molecule is CN(C)c1cc(N2CCOCC2)ncc1C#Cc1ncnc(N)c1-c1ccc2c(c1)OCO2. The Morgan fingerprint density at radius 3 is 2.64 bits per heavy atom. The first-order valence-corrected chi connectivity index (χ1v) is 10.6. The molecule has 2 aliphatic rings. The monoisotopic (exact) mass is 444 g/mol. The van der Waals surface area contributed by atoms with Crippen LogP contribution in [0.15, 0.2) is 36.8 Å². The minimum Gasteiger partial charge on any atom is -0.454 e. The van der Waals surface area contributed by atoms with Crippen molar-refractivity contribution in [2.75, 3.05) is 62.7 Å². The molecular formula is C24H24N6O3. The summed E-state index contributed by atoms with van der Waals surface area (Å²) in [5, 5.41) is 0. The highest BCUT2D eigenvalue weighted by atomic mass is 16.7. The summed E-state index contributed by atoms with van der Waals surface area (Å²) in [6.07, 6.45) is 3.22. The third-order valence-corrected chi connectivity index (χ3v) is 5.54. The van der Waals surface area contributed by atoms with E-state index in [1.165, 1.54) is 6.33 Å². The number of benzene rings is 1.